The molecule has 0 bridgehead atoms. The molecule has 4 rings (SSSR count). The fraction of sp³-hybridized carbons (Fsp3) is 0.316. The van der Waals surface area contributed by atoms with E-state index in [4.69, 9.17) is 4.42 Å². The van der Waals surface area contributed by atoms with E-state index in [1.807, 2.05) is 29.2 Å². The van der Waals surface area contributed by atoms with Crippen molar-refractivity contribution in [1.29, 1.82) is 0 Å². The van der Waals surface area contributed by atoms with Crippen molar-refractivity contribution in [1.82, 2.24) is 15.1 Å². The number of carbonyl (C=O) groups is 1. The van der Waals surface area contributed by atoms with Gasteiger partial charge < -0.3 is 9.32 Å². The zero-order chi connectivity index (χ0) is 17.1. The van der Waals surface area contributed by atoms with Gasteiger partial charge in [0.1, 0.15) is 0 Å². The number of thioether (sulfide) groups is 1. The topological polar surface area (TPSA) is 59.2 Å². The summed E-state index contributed by atoms with van der Waals surface area (Å²) >= 11 is 1.44. The smallest absolute Gasteiger partial charge is 0.276 e. The molecule has 6 heteroatoms. The molecule has 1 amide bonds. The van der Waals surface area contributed by atoms with E-state index < -0.39 is 0 Å². The molecule has 3 aromatic rings. The fourth-order valence-corrected chi connectivity index (χ4v) is 3.75. The lowest BCUT2D eigenvalue weighted by molar-refractivity contribution is -0.129. The molecule has 2 heterocycles. The molecule has 1 fully saturated rings. The third-order valence-corrected chi connectivity index (χ3v) is 5.22. The number of nitrogens with zero attached hydrogens (tertiary/aromatic N) is 3. The van der Waals surface area contributed by atoms with E-state index in [1.54, 1.807) is 0 Å². The Kier molecular flexibility index (Phi) is 4.70. The van der Waals surface area contributed by atoms with Crippen molar-refractivity contribution in [2.75, 3.05) is 18.8 Å². The zero-order valence-electron chi connectivity index (χ0n) is 13.9. The van der Waals surface area contributed by atoms with Crippen LogP contribution in [-0.2, 0) is 4.79 Å². The van der Waals surface area contributed by atoms with Crippen LogP contribution in [-0.4, -0.2) is 39.8 Å². The molecule has 0 N–H and O–H groups in total. The second-order valence-electron chi connectivity index (χ2n) is 6.12. The molecule has 1 saturated heterocycles. The van der Waals surface area contributed by atoms with Gasteiger partial charge in [-0.2, -0.15) is 0 Å². The Hall–Kier alpha value is -2.34. The van der Waals surface area contributed by atoms with Gasteiger partial charge >= 0.3 is 0 Å². The number of fused-ring (bicyclic) bond motifs is 1. The number of benzene rings is 2. The van der Waals surface area contributed by atoms with Crippen molar-refractivity contribution >= 4 is 28.4 Å². The minimum absolute atomic E-state index is 0.222. The molecule has 0 saturated carbocycles. The van der Waals surface area contributed by atoms with Gasteiger partial charge in [-0.15, -0.1) is 10.2 Å². The molecule has 2 aromatic carbocycles. The number of rotatable bonds is 5. The minimum atomic E-state index is 0.222. The Morgan fingerprint density at radius 1 is 1.08 bits per heavy atom. The van der Waals surface area contributed by atoms with E-state index in [0.717, 1.165) is 36.9 Å². The summed E-state index contributed by atoms with van der Waals surface area (Å²) in [7, 11) is 0. The van der Waals surface area contributed by atoms with Gasteiger partial charge in [-0.25, -0.2) is 0 Å². The predicted molar refractivity (Wildman–Crippen MR) is 98.4 cm³/mol. The SMILES string of the molecule is O=C(CCSc1nnc(-c2ccc3ccccc3c2)o1)N1CCCC1. The van der Waals surface area contributed by atoms with Gasteiger partial charge in [-0.3, -0.25) is 4.79 Å². The number of likely N-dealkylation sites (tertiary alicyclic amines) is 1. The Morgan fingerprint density at radius 3 is 2.72 bits per heavy atom. The summed E-state index contributed by atoms with van der Waals surface area (Å²) in [5, 5.41) is 11.1. The average molecular weight is 353 g/mol. The Labute approximate surface area is 150 Å². The van der Waals surface area contributed by atoms with Gasteiger partial charge in [0.2, 0.25) is 11.8 Å². The van der Waals surface area contributed by atoms with Gasteiger partial charge in [0, 0.05) is 30.8 Å². The van der Waals surface area contributed by atoms with Crippen LogP contribution in [0.3, 0.4) is 0 Å². The molecule has 1 aliphatic heterocycles. The molecule has 0 atom stereocenters. The van der Waals surface area contributed by atoms with Crippen LogP contribution in [0.2, 0.25) is 0 Å². The summed E-state index contributed by atoms with van der Waals surface area (Å²) in [6, 6.07) is 14.3. The summed E-state index contributed by atoms with van der Waals surface area (Å²) in [4.78, 5) is 14.0. The van der Waals surface area contributed by atoms with E-state index in [0.29, 0.717) is 23.3 Å². The van der Waals surface area contributed by atoms with E-state index in [9.17, 15) is 4.79 Å². The van der Waals surface area contributed by atoms with E-state index in [1.165, 1.54) is 17.1 Å². The van der Waals surface area contributed by atoms with Crippen LogP contribution in [0.4, 0.5) is 0 Å². The van der Waals surface area contributed by atoms with Crippen molar-refractivity contribution in [3.63, 3.8) is 0 Å². The number of carbonyl (C=O) groups excluding carboxylic acids is 1. The summed E-state index contributed by atoms with van der Waals surface area (Å²) in [6.45, 7) is 1.80. The van der Waals surface area contributed by atoms with Crippen LogP contribution < -0.4 is 0 Å². The maximum absolute atomic E-state index is 12.0. The van der Waals surface area contributed by atoms with Gasteiger partial charge in [0.25, 0.3) is 5.22 Å². The first-order chi connectivity index (χ1) is 12.3. The number of amides is 1. The Bertz CT molecular complexity index is 887. The molecule has 5 nitrogen and oxygen atoms in total. The van der Waals surface area contributed by atoms with Crippen LogP contribution >= 0.6 is 11.8 Å². The molecule has 1 aliphatic rings. The Morgan fingerprint density at radius 2 is 1.88 bits per heavy atom. The van der Waals surface area contributed by atoms with Crippen molar-refractivity contribution in [2.45, 2.75) is 24.5 Å². The van der Waals surface area contributed by atoms with E-state index in [2.05, 4.69) is 28.4 Å². The summed E-state index contributed by atoms with van der Waals surface area (Å²) in [6.07, 6.45) is 2.76. The average Bonchev–Trinajstić information content (AvgIpc) is 3.33. The maximum atomic E-state index is 12.0. The number of aromatic nitrogens is 2. The maximum Gasteiger partial charge on any atom is 0.276 e. The molecular weight excluding hydrogens is 334 g/mol. The van der Waals surface area contributed by atoms with Gasteiger partial charge in [0.05, 0.1) is 0 Å². The van der Waals surface area contributed by atoms with Crippen LogP contribution in [0.1, 0.15) is 19.3 Å². The van der Waals surface area contributed by atoms with Gasteiger partial charge in [-0.05, 0) is 35.7 Å². The highest BCUT2D eigenvalue weighted by molar-refractivity contribution is 7.99. The molecular formula is C19H19N3O2S. The highest BCUT2D eigenvalue weighted by atomic mass is 32.2. The van der Waals surface area contributed by atoms with Crippen molar-refractivity contribution in [3.05, 3.63) is 42.5 Å². The van der Waals surface area contributed by atoms with E-state index in [-0.39, 0.29) is 5.91 Å². The second-order valence-corrected chi connectivity index (χ2v) is 7.17. The summed E-state index contributed by atoms with van der Waals surface area (Å²) in [5.41, 5.74) is 0.909. The summed E-state index contributed by atoms with van der Waals surface area (Å²) in [5.74, 6) is 1.40. The second kappa shape index (κ2) is 7.27. The normalized spacial score (nSPS) is 14.3. The third-order valence-electron chi connectivity index (χ3n) is 4.40. The third kappa shape index (κ3) is 3.69. The van der Waals surface area contributed by atoms with Crippen LogP contribution in [0.5, 0.6) is 0 Å². The fourth-order valence-electron chi connectivity index (χ4n) is 3.06. The first-order valence-corrected chi connectivity index (χ1v) is 9.51. The van der Waals surface area contributed by atoms with Crippen LogP contribution in [0, 0.1) is 0 Å². The number of hydrogen-bond donors (Lipinski definition) is 0. The van der Waals surface area contributed by atoms with Crippen molar-refractivity contribution in [3.8, 4) is 11.5 Å². The highest BCUT2D eigenvalue weighted by Gasteiger charge is 2.18. The Balaban J connectivity index is 1.38. The molecule has 1 aromatic heterocycles. The summed E-state index contributed by atoms with van der Waals surface area (Å²) < 4.78 is 5.74. The monoisotopic (exact) mass is 353 g/mol. The molecule has 128 valence electrons. The lowest BCUT2D eigenvalue weighted by Crippen LogP contribution is -2.27. The van der Waals surface area contributed by atoms with E-state index >= 15 is 0 Å². The lowest BCUT2D eigenvalue weighted by atomic mass is 10.1. The number of hydrogen-bond acceptors (Lipinski definition) is 5. The van der Waals surface area contributed by atoms with Gasteiger partial charge in [-0.1, -0.05) is 42.1 Å². The standard InChI is InChI=1S/C19H19N3O2S/c23-17(22-10-3-4-11-22)9-12-25-19-21-20-18(24-19)16-8-7-14-5-1-2-6-15(14)13-16/h1-2,5-8,13H,3-4,9-12H2. The quantitative estimate of drug-likeness (QED) is 0.649. The highest BCUT2D eigenvalue weighted by Crippen LogP contribution is 2.26. The van der Waals surface area contributed by atoms with Crippen LogP contribution in [0.25, 0.3) is 22.2 Å². The molecule has 25 heavy (non-hydrogen) atoms. The molecule has 0 spiro atoms. The van der Waals surface area contributed by atoms with Crippen LogP contribution in [0.15, 0.2) is 52.1 Å². The minimum Gasteiger partial charge on any atom is -0.411 e. The first kappa shape index (κ1) is 16.1. The first-order valence-electron chi connectivity index (χ1n) is 8.53. The zero-order valence-corrected chi connectivity index (χ0v) is 14.7. The largest absolute Gasteiger partial charge is 0.411 e. The molecule has 0 radical (unpaired) electrons. The lowest BCUT2D eigenvalue weighted by Gasteiger charge is -2.14. The predicted octanol–water partition coefficient (Wildman–Crippen LogP) is 3.99. The van der Waals surface area contributed by atoms with Gasteiger partial charge in [0.15, 0.2) is 0 Å². The molecule has 0 unspecified atom stereocenters. The molecule has 0 aliphatic carbocycles. The van der Waals surface area contributed by atoms with Crippen molar-refractivity contribution in [2.24, 2.45) is 0 Å². The van der Waals surface area contributed by atoms with Crippen molar-refractivity contribution < 1.29 is 9.21 Å².